The standard InChI is InChI=1S/C17H25N3O3/c1-17(2,3)23-16(21)14-10-7-11-20(14)18-15(19-22)12-13-8-5-4-6-9-13/h4-6,8-9,14-15,18H,7,10-12H2,1-3H3/t14-,15+/m0/s1. The van der Waals surface area contributed by atoms with Crippen molar-refractivity contribution in [3.63, 3.8) is 0 Å². The lowest BCUT2D eigenvalue weighted by molar-refractivity contribution is -0.161. The van der Waals surface area contributed by atoms with Gasteiger partial charge in [-0.05, 0) is 44.4 Å². The van der Waals surface area contributed by atoms with Gasteiger partial charge in [0.25, 0.3) is 0 Å². The summed E-state index contributed by atoms with van der Waals surface area (Å²) in [6.07, 6.45) is 1.49. The van der Waals surface area contributed by atoms with E-state index in [9.17, 15) is 9.70 Å². The highest BCUT2D eigenvalue weighted by atomic mass is 16.6. The summed E-state index contributed by atoms with van der Waals surface area (Å²) in [6, 6.07) is 9.32. The van der Waals surface area contributed by atoms with Gasteiger partial charge in [-0.3, -0.25) is 4.79 Å². The summed E-state index contributed by atoms with van der Waals surface area (Å²) in [5.74, 6) is -0.258. The lowest BCUT2D eigenvalue weighted by Crippen LogP contribution is -2.51. The van der Waals surface area contributed by atoms with E-state index in [0.29, 0.717) is 13.0 Å². The van der Waals surface area contributed by atoms with E-state index in [1.54, 1.807) is 5.01 Å². The first kappa shape index (κ1) is 17.6. The Morgan fingerprint density at radius 2 is 2.09 bits per heavy atom. The molecule has 6 nitrogen and oxygen atoms in total. The van der Waals surface area contributed by atoms with Crippen LogP contribution in [0.3, 0.4) is 0 Å². The second kappa shape index (κ2) is 7.66. The SMILES string of the molecule is CC(C)(C)OC(=O)[C@@H]1CCCN1N[C@@H](Cc1ccccc1)N=O. The molecule has 0 aliphatic carbocycles. The molecule has 1 aliphatic heterocycles. The first-order chi connectivity index (χ1) is 10.9. The Bertz CT molecular complexity index is 528. The Kier molecular flexibility index (Phi) is 5.85. The molecule has 126 valence electrons. The highest BCUT2D eigenvalue weighted by Crippen LogP contribution is 2.20. The first-order valence-electron chi connectivity index (χ1n) is 8.01. The molecule has 2 atom stereocenters. The van der Waals surface area contributed by atoms with Crippen molar-refractivity contribution in [2.75, 3.05) is 6.54 Å². The van der Waals surface area contributed by atoms with Crippen LogP contribution in [-0.4, -0.2) is 35.3 Å². The van der Waals surface area contributed by atoms with Gasteiger partial charge >= 0.3 is 5.97 Å². The molecule has 1 aliphatic rings. The van der Waals surface area contributed by atoms with Crippen molar-refractivity contribution < 1.29 is 9.53 Å². The molecule has 2 rings (SSSR count). The third kappa shape index (κ3) is 5.41. The van der Waals surface area contributed by atoms with Gasteiger partial charge in [0.2, 0.25) is 0 Å². The van der Waals surface area contributed by atoms with Crippen LogP contribution in [0.25, 0.3) is 0 Å². The van der Waals surface area contributed by atoms with E-state index in [-0.39, 0.29) is 12.0 Å². The topological polar surface area (TPSA) is 71.0 Å². The lowest BCUT2D eigenvalue weighted by atomic mass is 10.1. The monoisotopic (exact) mass is 319 g/mol. The predicted molar refractivity (Wildman–Crippen MR) is 88.4 cm³/mol. The fourth-order valence-electron chi connectivity index (χ4n) is 2.67. The largest absolute Gasteiger partial charge is 0.459 e. The number of esters is 1. The Balaban J connectivity index is 1.96. The van der Waals surface area contributed by atoms with Crippen LogP contribution >= 0.6 is 0 Å². The third-order valence-corrected chi connectivity index (χ3v) is 3.65. The zero-order valence-corrected chi connectivity index (χ0v) is 14.0. The lowest BCUT2D eigenvalue weighted by Gasteiger charge is -2.29. The van der Waals surface area contributed by atoms with Crippen molar-refractivity contribution in [1.29, 1.82) is 0 Å². The Labute approximate surface area is 137 Å². The van der Waals surface area contributed by atoms with E-state index in [4.69, 9.17) is 4.74 Å². The van der Waals surface area contributed by atoms with Crippen molar-refractivity contribution in [3.8, 4) is 0 Å². The van der Waals surface area contributed by atoms with Crippen molar-refractivity contribution in [2.45, 2.75) is 57.8 Å². The van der Waals surface area contributed by atoms with Crippen LogP contribution in [0.1, 0.15) is 39.2 Å². The maximum absolute atomic E-state index is 12.3. The van der Waals surface area contributed by atoms with Crippen LogP contribution in [-0.2, 0) is 16.0 Å². The molecular formula is C17H25N3O3. The predicted octanol–water partition coefficient (Wildman–Crippen LogP) is 2.63. The molecular weight excluding hydrogens is 294 g/mol. The first-order valence-corrected chi connectivity index (χ1v) is 8.01. The average Bonchev–Trinajstić information content (AvgIpc) is 2.94. The highest BCUT2D eigenvalue weighted by molar-refractivity contribution is 5.76. The number of ether oxygens (including phenoxy) is 1. The van der Waals surface area contributed by atoms with Gasteiger partial charge in [0.05, 0.1) is 0 Å². The molecule has 1 aromatic carbocycles. The quantitative estimate of drug-likeness (QED) is 0.645. The molecule has 6 heteroatoms. The van der Waals surface area contributed by atoms with Gasteiger partial charge in [-0.2, -0.15) is 0 Å². The van der Waals surface area contributed by atoms with Gasteiger partial charge in [-0.1, -0.05) is 30.3 Å². The number of nitroso groups, excluding NO2 is 1. The smallest absolute Gasteiger partial charge is 0.325 e. The normalized spacial score (nSPS) is 20.2. The summed E-state index contributed by atoms with van der Waals surface area (Å²) in [5, 5.41) is 4.95. The van der Waals surface area contributed by atoms with E-state index in [0.717, 1.165) is 18.4 Å². The average molecular weight is 319 g/mol. The number of rotatable bonds is 6. The second-order valence-electron chi connectivity index (χ2n) is 6.82. The van der Waals surface area contributed by atoms with Crippen molar-refractivity contribution in [1.82, 2.24) is 10.4 Å². The number of nitrogens with one attached hydrogen (secondary N) is 1. The van der Waals surface area contributed by atoms with E-state index in [2.05, 4.69) is 10.6 Å². The van der Waals surface area contributed by atoms with Gasteiger partial charge in [-0.25, -0.2) is 10.4 Å². The maximum Gasteiger partial charge on any atom is 0.325 e. The van der Waals surface area contributed by atoms with Crippen LogP contribution in [0.5, 0.6) is 0 Å². The Morgan fingerprint density at radius 3 is 2.70 bits per heavy atom. The number of hydrogen-bond acceptors (Lipinski definition) is 6. The fourth-order valence-corrected chi connectivity index (χ4v) is 2.67. The highest BCUT2D eigenvalue weighted by Gasteiger charge is 2.35. The summed E-state index contributed by atoms with van der Waals surface area (Å²) in [5.41, 5.74) is 3.59. The number of benzene rings is 1. The third-order valence-electron chi connectivity index (χ3n) is 3.65. The molecule has 1 aromatic rings. The molecule has 0 bridgehead atoms. The summed E-state index contributed by atoms with van der Waals surface area (Å²) >= 11 is 0. The zero-order valence-electron chi connectivity index (χ0n) is 14.0. The number of hydrazine groups is 1. The van der Waals surface area contributed by atoms with Crippen LogP contribution < -0.4 is 5.43 Å². The fraction of sp³-hybridized carbons (Fsp3) is 0.588. The Hall–Kier alpha value is -1.79. The van der Waals surface area contributed by atoms with E-state index in [1.807, 2.05) is 51.1 Å². The molecule has 0 spiro atoms. The van der Waals surface area contributed by atoms with Crippen molar-refractivity contribution >= 4 is 5.97 Å². The minimum Gasteiger partial charge on any atom is -0.459 e. The number of hydrogen-bond donors (Lipinski definition) is 1. The molecule has 0 aromatic heterocycles. The van der Waals surface area contributed by atoms with Crippen LogP contribution in [0, 0.1) is 4.91 Å². The van der Waals surface area contributed by atoms with Crippen molar-refractivity contribution in [3.05, 3.63) is 40.8 Å². The van der Waals surface area contributed by atoms with Gasteiger partial charge in [0.15, 0.2) is 6.17 Å². The number of carbonyl (C=O) groups excluding carboxylic acids is 1. The van der Waals surface area contributed by atoms with Gasteiger partial charge in [0.1, 0.15) is 11.6 Å². The van der Waals surface area contributed by atoms with Crippen LogP contribution in [0.15, 0.2) is 35.5 Å². The Morgan fingerprint density at radius 1 is 1.39 bits per heavy atom. The van der Waals surface area contributed by atoms with Crippen LogP contribution in [0.2, 0.25) is 0 Å². The maximum atomic E-state index is 12.3. The number of carbonyl (C=O) groups is 1. The summed E-state index contributed by atoms with van der Waals surface area (Å²) < 4.78 is 5.46. The minimum atomic E-state index is -0.597. The second-order valence-corrected chi connectivity index (χ2v) is 6.82. The minimum absolute atomic E-state index is 0.258. The molecule has 0 radical (unpaired) electrons. The molecule has 1 fully saturated rings. The summed E-state index contributed by atoms with van der Waals surface area (Å²) in [6.45, 7) is 6.25. The van der Waals surface area contributed by atoms with Gasteiger partial charge in [-0.15, -0.1) is 4.91 Å². The summed E-state index contributed by atoms with van der Waals surface area (Å²) in [7, 11) is 0. The molecule has 1 heterocycles. The summed E-state index contributed by atoms with van der Waals surface area (Å²) in [4.78, 5) is 23.4. The molecule has 23 heavy (non-hydrogen) atoms. The van der Waals surface area contributed by atoms with E-state index >= 15 is 0 Å². The van der Waals surface area contributed by atoms with Crippen LogP contribution in [0.4, 0.5) is 0 Å². The van der Waals surface area contributed by atoms with E-state index in [1.165, 1.54) is 0 Å². The molecule has 1 saturated heterocycles. The van der Waals surface area contributed by atoms with E-state index < -0.39 is 11.8 Å². The molecule has 1 N–H and O–H groups in total. The molecule has 0 saturated carbocycles. The zero-order chi connectivity index (χ0) is 16.9. The van der Waals surface area contributed by atoms with Crippen molar-refractivity contribution in [2.24, 2.45) is 5.18 Å². The van der Waals surface area contributed by atoms with Gasteiger partial charge in [0, 0.05) is 13.0 Å². The number of nitrogens with zero attached hydrogens (tertiary/aromatic N) is 2. The van der Waals surface area contributed by atoms with Gasteiger partial charge < -0.3 is 4.74 Å². The molecule has 0 amide bonds. The molecule has 0 unspecified atom stereocenters.